The molecule has 0 fully saturated rings. The average molecular weight is 403 g/mol. The van der Waals surface area contributed by atoms with Crippen molar-refractivity contribution in [1.29, 1.82) is 0 Å². The van der Waals surface area contributed by atoms with Crippen LogP contribution in [0.15, 0.2) is 54.6 Å². The van der Waals surface area contributed by atoms with Gasteiger partial charge in [0.15, 0.2) is 0 Å². The Morgan fingerprint density at radius 3 is 2.45 bits per heavy atom. The van der Waals surface area contributed by atoms with Gasteiger partial charge in [-0.05, 0) is 69.1 Å². The number of rotatable bonds is 12. The fraction of sp³-hybridized carbons (Fsp3) is 0.435. The van der Waals surface area contributed by atoms with Crippen molar-refractivity contribution < 1.29 is 19.1 Å². The average Bonchev–Trinajstić information content (AvgIpc) is 2.75. The molecular formula is C23H31FN2O3. The number of hydrogen-bond acceptors (Lipinski definition) is 4. The van der Waals surface area contributed by atoms with Crippen molar-refractivity contribution in [1.82, 2.24) is 10.4 Å². The summed E-state index contributed by atoms with van der Waals surface area (Å²) >= 11 is 0. The highest BCUT2D eigenvalue weighted by atomic mass is 19.1. The Morgan fingerprint density at radius 2 is 1.83 bits per heavy atom. The molecule has 5 nitrogen and oxygen atoms in total. The predicted molar refractivity (Wildman–Crippen MR) is 111 cm³/mol. The Bertz CT molecular complexity index is 725. The molecule has 0 saturated heterocycles. The summed E-state index contributed by atoms with van der Waals surface area (Å²) in [6, 6.07) is 16.4. The minimum Gasteiger partial charge on any atom is -0.377 e. The molecule has 2 atom stereocenters. The third kappa shape index (κ3) is 7.93. The number of amides is 1. The van der Waals surface area contributed by atoms with Crippen LogP contribution in [0.3, 0.4) is 0 Å². The van der Waals surface area contributed by atoms with E-state index in [0.29, 0.717) is 12.8 Å². The number of aryl methyl sites for hydroxylation is 1. The van der Waals surface area contributed by atoms with Crippen molar-refractivity contribution in [2.75, 3.05) is 27.2 Å². The van der Waals surface area contributed by atoms with Gasteiger partial charge in [0, 0.05) is 13.0 Å². The largest absolute Gasteiger partial charge is 0.377 e. The third-order valence-electron chi connectivity index (χ3n) is 5.21. The molecule has 0 unspecified atom stereocenters. The zero-order valence-electron chi connectivity index (χ0n) is 17.2. The second-order valence-electron chi connectivity index (χ2n) is 7.37. The summed E-state index contributed by atoms with van der Waals surface area (Å²) < 4.78 is 18.7. The van der Waals surface area contributed by atoms with Gasteiger partial charge in [-0.25, -0.2) is 9.87 Å². The number of carbonyl (C=O) groups is 1. The molecule has 0 heterocycles. The van der Waals surface area contributed by atoms with Gasteiger partial charge in [0.05, 0.1) is 6.10 Å². The van der Waals surface area contributed by atoms with Crippen LogP contribution < -0.4 is 5.48 Å². The molecular weight excluding hydrogens is 371 g/mol. The van der Waals surface area contributed by atoms with E-state index >= 15 is 0 Å². The maximum atomic E-state index is 13.2. The Balaban J connectivity index is 1.85. The fourth-order valence-corrected chi connectivity index (χ4v) is 3.44. The van der Waals surface area contributed by atoms with Crippen LogP contribution in [0.5, 0.6) is 0 Å². The van der Waals surface area contributed by atoms with E-state index in [1.165, 1.54) is 17.7 Å². The van der Waals surface area contributed by atoms with E-state index in [0.717, 1.165) is 31.5 Å². The molecule has 0 spiro atoms. The molecule has 2 N–H and O–H groups in total. The smallest absolute Gasteiger partial charge is 0.246 e. The maximum absolute atomic E-state index is 13.2. The minimum absolute atomic E-state index is 0.314. The van der Waals surface area contributed by atoms with Gasteiger partial charge in [-0.2, -0.15) is 0 Å². The molecule has 2 aromatic carbocycles. The Labute approximate surface area is 172 Å². The van der Waals surface area contributed by atoms with E-state index in [9.17, 15) is 9.18 Å². The molecule has 0 bridgehead atoms. The summed E-state index contributed by atoms with van der Waals surface area (Å²) in [6.07, 6.45) is 2.71. The van der Waals surface area contributed by atoms with E-state index in [1.807, 2.05) is 25.2 Å². The third-order valence-corrected chi connectivity index (χ3v) is 5.21. The topological polar surface area (TPSA) is 61.8 Å². The molecule has 6 heteroatoms. The highest BCUT2D eigenvalue weighted by molar-refractivity contribution is 5.77. The van der Waals surface area contributed by atoms with Gasteiger partial charge in [0.25, 0.3) is 0 Å². The van der Waals surface area contributed by atoms with Crippen molar-refractivity contribution >= 4 is 5.91 Å². The molecule has 0 aliphatic rings. The lowest BCUT2D eigenvalue weighted by Crippen LogP contribution is -2.32. The first kappa shape index (κ1) is 23.0. The summed E-state index contributed by atoms with van der Waals surface area (Å²) in [5, 5.41) is 9.13. The summed E-state index contributed by atoms with van der Waals surface area (Å²) in [6.45, 7) is 1.65. The van der Waals surface area contributed by atoms with E-state index in [2.05, 4.69) is 17.0 Å². The molecule has 2 aromatic rings. The normalized spacial score (nSPS) is 13.3. The fourth-order valence-electron chi connectivity index (χ4n) is 3.44. The van der Waals surface area contributed by atoms with Crippen LogP contribution in [0.25, 0.3) is 0 Å². The van der Waals surface area contributed by atoms with Crippen LogP contribution in [0.2, 0.25) is 0 Å². The molecule has 158 valence electrons. The van der Waals surface area contributed by atoms with E-state index in [4.69, 9.17) is 9.94 Å². The lowest BCUT2D eigenvalue weighted by molar-refractivity contribution is -0.135. The van der Waals surface area contributed by atoms with Crippen molar-refractivity contribution in [2.45, 2.75) is 31.8 Å². The summed E-state index contributed by atoms with van der Waals surface area (Å²) in [5.74, 6) is -1.15. The Morgan fingerprint density at radius 1 is 1.14 bits per heavy atom. The number of ether oxygens (including phenoxy) is 1. The number of benzene rings is 2. The van der Waals surface area contributed by atoms with Crippen LogP contribution in [0, 0.1) is 11.7 Å². The summed E-state index contributed by atoms with van der Waals surface area (Å²) in [4.78, 5) is 14.4. The highest BCUT2D eigenvalue weighted by Crippen LogP contribution is 2.27. The first-order valence-electron chi connectivity index (χ1n) is 9.98. The number of nitrogens with zero attached hydrogens (tertiary/aromatic N) is 1. The zero-order valence-corrected chi connectivity index (χ0v) is 17.2. The second-order valence-corrected chi connectivity index (χ2v) is 7.37. The Kier molecular flexibility index (Phi) is 9.77. The van der Waals surface area contributed by atoms with Crippen molar-refractivity contribution in [3.8, 4) is 0 Å². The van der Waals surface area contributed by atoms with Crippen LogP contribution in [0.1, 0.15) is 36.5 Å². The number of halogens is 1. The van der Waals surface area contributed by atoms with Gasteiger partial charge in [0.1, 0.15) is 5.82 Å². The lowest BCUT2D eigenvalue weighted by atomic mass is 9.93. The standard InChI is InChI=1S/C23H31FN2O3/c1-26(15-6-9-18-7-4-3-5-8-18)16-14-20(23(27)25-28)17-22(29-2)19-10-12-21(24)13-11-19/h3-5,7-8,10-13,20,22,28H,6,9,14-17H2,1-2H3,(H,25,27)/t20-,22+/m0/s1. The van der Waals surface area contributed by atoms with E-state index in [1.54, 1.807) is 24.7 Å². The van der Waals surface area contributed by atoms with Crippen LogP contribution in [-0.2, 0) is 16.0 Å². The first-order valence-corrected chi connectivity index (χ1v) is 9.98. The number of hydroxylamine groups is 1. The lowest BCUT2D eigenvalue weighted by Gasteiger charge is -2.24. The number of carbonyl (C=O) groups excluding carboxylic acids is 1. The zero-order chi connectivity index (χ0) is 21.1. The maximum Gasteiger partial charge on any atom is 0.246 e. The SMILES string of the molecule is CO[C@H](C[C@H](CCN(C)CCCc1ccccc1)C(=O)NO)c1ccc(F)cc1. The van der Waals surface area contributed by atoms with Gasteiger partial charge in [-0.15, -0.1) is 0 Å². The van der Waals surface area contributed by atoms with Crippen LogP contribution >= 0.6 is 0 Å². The van der Waals surface area contributed by atoms with Crippen LogP contribution in [0.4, 0.5) is 4.39 Å². The number of nitrogens with one attached hydrogen (secondary N) is 1. The molecule has 29 heavy (non-hydrogen) atoms. The monoisotopic (exact) mass is 402 g/mol. The van der Waals surface area contributed by atoms with Crippen molar-refractivity contribution in [2.24, 2.45) is 5.92 Å². The predicted octanol–water partition coefficient (Wildman–Crippen LogP) is 3.98. The second kappa shape index (κ2) is 12.3. The van der Waals surface area contributed by atoms with Gasteiger partial charge in [0.2, 0.25) is 5.91 Å². The van der Waals surface area contributed by atoms with E-state index < -0.39 is 11.8 Å². The molecule has 0 aliphatic heterocycles. The van der Waals surface area contributed by atoms with Crippen molar-refractivity contribution in [3.63, 3.8) is 0 Å². The number of hydrogen-bond donors (Lipinski definition) is 2. The molecule has 2 rings (SSSR count). The number of methoxy groups -OCH3 is 1. The minimum atomic E-state index is -0.424. The molecule has 1 amide bonds. The summed E-state index contributed by atoms with van der Waals surface area (Å²) in [5.41, 5.74) is 3.90. The van der Waals surface area contributed by atoms with E-state index in [-0.39, 0.29) is 11.9 Å². The molecule has 0 radical (unpaired) electrons. The van der Waals surface area contributed by atoms with Crippen LogP contribution in [-0.4, -0.2) is 43.3 Å². The Hall–Kier alpha value is -2.28. The summed E-state index contributed by atoms with van der Waals surface area (Å²) in [7, 11) is 3.60. The van der Waals surface area contributed by atoms with Crippen molar-refractivity contribution in [3.05, 3.63) is 71.5 Å². The van der Waals surface area contributed by atoms with Gasteiger partial charge < -0.3 is 9.64 Å². The highest BCUT2D eigenvalue weighted by Gasteiger charge is 2.24. The molecule has 0 saturated carbocycles. The molecule has 0 aromatic heterocycles. The quantitative estimate of drug-likeness (QED) is 0.416. The molecule has 0 aliphatic carbocycles. The van der Waals surface area contributed by atoms with Gasteiger partial charge in [-0.3, -0.25) is 10.0 Å². The van der Waals surface area contributed by atoms with Gasteiger partial charge >= 0.3 is 0 Å². The van der Waals surface area contributed by atoms with Gasteiger partial charge in [-0.1, -0.05) is 42.5 Å². The first-order chi connectivity index (χ1) is 14.0.